The zero-order valence-electron chi connectivity index (χ0n) is 11.4. The van der Waals surface area contributed by atoms with E-state index in [-0.39, 0.29) is 12.3 Å². The van der Waals surface area contributed by atoms with E-state index in [1.807, 2.05) is 0 Å². The van der Waals surface area contributed by atoms with Gasteiger partial charge in [-0.15, -0.1) is 0 Å². The van der Waals surface area contributed by atoms with E-state index in [2.05, 4.69) is 6.58 Å². The first kappa shape index (κ1) is 17.2. The molecule has 3 atom stereocenters. The maximum absolute atomic E-state index is 11.6. The Morgan fingerprint density at radius 2 is 1.85 bits per heavy atom. The van der Waals surface area contributed by atoms with Crippen molar-refractivity contribution in [2.75, 3.05) is 0 Å². The normalized spacial score (nSPS) is 23.8. The molecule has 0 radical (unpaired) electrons. The van der Waals surface area contributed by atoms with Gasteiger partial charge in [0.1, 0.15) is 6.10 Å². The van der Waals surface area contributed by atoms with E-state index in [1.54, 1.807) is 6.92 Å². The summed E-state index contributed by atoms with van der Waals surface area (Å²) in [6.07, 6.45) is 2.60. The number of carbonyl (C=O) groups is 3. The van der Waals surface area contributed by atoms with Crippen LogP contribution in [0.2, 0.25) is 0 Å². The maximum Gasteiger partial charge on any atom is 0.333 e. The summed E-state index contributed by atoms with van der Waals surface area (Å²) in [5.41, 5.74) is 0.302. The van der Waals surface area contributed by atoms with Crippen LogP contribution in [0.5, 0.6) is 0 Å². The van der Waals surface area contributed by atoms with Gasteiger partial charge in [-0.3, -0.25) is 9.59 Å². The molecule has 6 heteroatoms. The van der Waals surface area contributed by atoms with Gasteiger partial charge < -0.3 is 4.74 Å². The minimum Gasteiger partial charge on any atom is -0.459 e. The molecule has 1 rings (SSSR count). The first-order valence-corrected chi connectivity index (χ1v) is 7.32. The molecule has 1 fully saturated rings. The van der Waals surface area contributed by atoms with Gasteiger partial charge in [-0.25, -0.2) is 4.79 Å². The number of esters is 1. The van der Waals surface area contributed by atoms with Crippen molar-refractivity contribution in [2.24, 2.45) is 11.8 Å². The third-order valence-corrected chi connectivity index (χ3v) is 3.98. The number of rotatable bonds is 6. The highest BCUT2D eigenvalue weighted by Crippen LogP contribution is 2.36. The first-order chi connectivity index (χ1) is 9.32. The van der Waals surface area contributed by atoms with Crippen LogP contribution in [0.4, 0.5) is 0 Å². The highest BCUT2D eigenvalue weighted by molar-refractivity contribution is 6.66. The molecule has 3 unspecified atom stereocenters. The van der Waals surface area contributed by atoms with Gasteiger partial charge in [0.25, 0.3) is 0 Å². The molecule has 112 valence electrons. The quantitative estimate of drug-likeness (QED) is 0.428. The summed E-state index contributed by atoms with van der Waals surface area (Å²) in [6.45, 7) is 5.09. The summed E-state index contributed by atoms with van der Waals surface area (Å²) >= 11 is 10.9. The monoisotopic (exact) mass is 320 g/mol. The first-order valence-electron chi connectivity index (χ1n) is 6.57. The van der Waals surface area contributed by atoms with Crippen LogP contribution >= 0.6 is 23.2 Å². The molecule has 0 saturated heterocycles. The zero-order chi connectivity index (χ0) is 15.3. The molecule has 0 aromatic rings. The topological polar surface area (TPSA) is 60.4 Å². The maximum atomic E-state index is 11.6. The molecular formula is C14H18Cl2O4. The SMILES string of the molecule is C=C(C)C(=O)OC1CCCCC1C(CC(=O)Cl)C(=O)Cl. The lowest BCUT2D eigenvalue weighted by molar-refractivity contribution is -0.151. The number of carbonyl (C=O) groups excluding carboxylic acids is 3. The molecular weight excluding hydrogens is 303 g/mol. The van der Waals surface area contributed by atoms with Crippen LogP contribution in [-0.4, -0.2) is 22.6 Å². The fraction of sp³-hybridized carbons (Fsp3) is 0.643. The van der Waals surface area contributed by atoms with Crippen molar-refractivity contribution >= 4 is 39.7 Å². The van der Waals surface area contributed by atoms with Gasteiger partial charge in [0.15, 0.2) is 0 Å². The number of ether oxygens (including phenoxy) is 1. The van der Waals surface area contributed by atoms with E-state index in [0.29, 0.717) is 18.4 Å². The Morgan fingerprint density at radius 1 is 1.25 bits per heavy atom. The molecule has 0 bridgehead atoms. The minimum atomic E-state index is -0.704. The van der Waals surface area contributed by atoms with E-state index < -0.39 is 28.5 Å². The van der Waals surface area contributed by atoms with Crippen LogP contribution < -0.4 is 0 Å². The molecule has 0 heterocycles. The van der Waals surface area contributed by atoms with Gasteiger partial charge in [-0.05, 0) is 49.4 Å². The predicted molar refractivity (Wildman–Crippen MR) is 76.5 cm³/mol. The predicted octanol–water partition coefficient (Wildman–Crippen LogP) is 3.20. The van der Waals surface area contributed by atoms with Gasteiger partial charge in [-0.2, -0.15) is 0 Å². The van der Waals surface area contributed by atoms with E-state index in [1.165, 1.54) is 0 Å². The van der Waals surface area contributed by atoms with Crippen molar-refractivity contribution in [3.8, 4) is 0 Å². The number of hydrogen-bond acceptors (Lipinski definition) is 4. The summed E-state index contributed by atoms with van der Waals surface area (Å²) in [6, 6.07) is 0. The second-order valence-corrected chi connectivity index (χ2v) is 5.94. The molecule has 0 amide bonds. The Labute approximate surface area is 128 Å². The van der Waals surface area contributed by atoms with E-state index in [0.717, 1.165) is 12.8 Å². The van der Waals surface area contributed by atoms with Crippen molar-refractivity contribution in [2.45, 2.75) is 45.1 Å². The summed E-state index contributed by atoms with van der Waals surface area (Å²) < 4.78 is 5.37. The molecule has 4 nitrogen and oxygen atoms in total. The second kappa shape index (κ2) is 7.79. The Bertz CT molecular complexity index is 419. The van der Waals surface area contributed by atoms with Gasteiger partial charge in [0, 0.05) is 23.8 Å². The Morgan fingerprint density at radius 3 is 2.35 bits per heavy atom. The average molecular weight is 321 g/mol. The lowest BCUT2D eigenvalue weighted by Crippen LogP contribution is -2.37. The van der Waals surface area contributed by atoms with Gasteiger partial charge >= 0.3 is 5.97 Å². The highest BCUT2D eigenvalue weighted by Gasteiger charge is 2.38. The molecule has 1 aliphatic carbocycles. The van der Waals surface area contributed by atoms with Crippen LogP contribution in [0.15, 0.2) is 12.2 Å². The molecule has 0 spiro atoms. The largest absolute Gasteiger partial charge is 0.459 e. The smallest absolute Gasteiger partial charge is 0.333 e. The molecule has 0 aromatic carbocycles. The van der Waals surface area contributed by atoms with Crippen molar-refractivity contribution in [3.05, 3.63) is 12.2 Å². The fourth-order valence-electron chi connectivity index (χ4n) is 2.54. The van der Waals surface area contributed by atoms with Crippen molar-refractivity contribution in [1.82, 2.24) is 0 Å². The third kappa shape index (κ3) is 4.91. The Balaban J connectivity index is 2.85. The summed E-state index contributed by atoms with van der Waals surface area (Å²) in [5, 5.41) is -1.22. The van der Waals surface area contributed by atoms with Crippen LogP contribution in [0.3, 0.4) is 0 Å². The van der Waals surface area contributed by atoms with Crippen LogP contribution in [0.1, 0.15) is 39.0 Å². The lowest BCUT2D eigenvalue weighted by atomic mass is 9.77. The standard InChI is InChI=1S/C14H18Cl2O4/c1-8(2)14(19)20-11-6-4-3-5-9(11)10(13(16)18)7-12(15)17/h9-11H,1,3-7H2,2H3. The molecule has 20 heavy (non-hydrogen) atoms. The summed E-state index contributed by atoms with van der Waals surface area (Å²) in [7, 11) is 0. The zero-order valence-corrected chi connectivity index (χ0v) is 12.9. The van der Waals surface area contributed by atoms with Gasteiger partial charge in [0.2, 0.25) is 10.5 Å². The minimum absolute atomic E-state index is 0.129. The molecule has 0 N–H and O–H groups in total. The Hall–Kier alpha value is -0.870. The third-order valence-electron chi connectivity index (χ3n) is 3.55. The number of halogens is 2. The van der Waals surface area contributed by atoms with Gasteiger partial charge in [-0.1, -0.05) is 13.0 Å². The summed E-state index contributed by atoms with van der Waals surface area (Å²) in [5.74, 6) is -1.45. The van der Waals surface area contributed by atoms with E-state index >= 15 is 0 Å². The van der Waals surface area contributed by atoms with Crippen molar-refractivity contribution in [3.63, 3.8) is 0 Å². The highest BCUT2D eigenvalue weighted by atomic mass is 35.5. The van der Waals surface area contributed by atoms with Crippen molar-refractivity contribution < 1.29 is 19.1 Å². The molecule has 0 aliphatic heterocycles. The molecule has 1 aliphatic rings. The van der Waals surface area contributed by atoms with Crippen LogP contribution in [-0.2, 0) is 19.1 Å². The Kier molecular flexibility index (Phi) is 6.69. The summed E-state index contributed by atoms with van der Waals surface area (Å²) in [4.78, 5) is 34.3. The van der Waals surface area contributed by atoms with Crippen molar-refractivity contribution in [1.29, 1.82) is 0 Å². The van der Waals surface area contributed by atoms with Gasteiger partial charge in [0.05, 0.1) is 0 Å². The average Bonchev–Trinajstić information content (AvgIpc) is 2.36. The lowest BCUT2D eigenvalue weighted by Gasteiger charge is -2.34. The van der Waals surface area contributed by atoms with E-state index in [4.69, 9.17) is 27.9 Å². The molecule has 0 aromatic heterocycles. The fourth-order valence-corrected chi connectivity index (χ4v) is 2.95. The number of hydrogen-bond donors (Lipinski definition) is 0. The second-order valence-electron chi connectivity index (χ2n) is 5.14. The molecule has 1 saturated carbocycles. The van der Waals surface area contributed by atoms with Crippen LogP contribution in [0.25, 0.3) is 0 Å². The van der Waals surface area contributed by atoms with E-state index in [9.17, 15) is 14.4 Å². The van der Waals surface area contributed by atoms with Crippen LogP contribution in [0, 0.1) is 11.8 Å².